The van der Waals surface area contributed by atoms with Gasteiger partial charge in [0.05, 0.1) is 25.4 Å². The van der Waals surface area contributed by atoms with E-state index in [0.717, 1.165) is 10.6 Å². The minimum atomic E-state index is -3.23. The molecule has 6 heteroatoms. The molecule has 1 radical (unpaired) electrons. The Morgan fingerprint density at radius 3 is 2.00 bits per heavy atom. The van der Waals surface area contributed by atoms with Crippen LogP contribution in [0.25, 0.3) is 0 Å². The van der Waals surface area contributed by atoms with Crippen molar-refractivity contribution in [2.24, 2.45) is 5.92 Å². The third-order valence-corrected chi connectivity index (χ3v) is 5.90. The molecule has 0 fully saturated rings. The summed E-state index contributed by atoms with van der Waals surface area (Å²) in [6.07, 6.45) is 0.0915. The van der Waals surface area contributed by atoms with Crippen molar-refractivity contribution >= 4 is 7.60 Å². The van der Waals surface area contributed by atoms with Crippen LogP contribution in [0.2, 0.25) is 0 Å². The third-order valence-electron chi connectivity index (χ3n) is 3.62. The molecule has 0 aromatic heterocycles. The predicted molar refractivity (Wildman–Crippen MR) is 91.7 cm³/mol. The van der Waals surface area contributed by atoms with Crippen molar-refractivity contribution in [3.8, 4) is 0 Å². The van der Waals surface area contributed by atoms with Crippen molar-refractivity contribution in [2.45, 2.75) is 46.7 Å². The Balaban J connectivity index is 2.91. The molecule has 0 heterocycles. The predicted octanol–water partition coefficient (Wildman–Crippen LogP) is 4.69. The Kier molecular flexibility index (Phi) is 8.45. The summed E-state index contributed by atoms with van der Waals surface area (Å²) in [5.41, 5.74) is 0.965. The normalized spacial score (nSPS) is 15.1. The fraction of sp³-hybridized carbons (Fsp3) is 0.647. The molecule has 5 nitrogen and oxygen atoms in total. The SMILES string of the molecule is CCOP(=O)(CC(C)N([O])C(c1ccccc1)C(C)C)OCC. The molecule has 0 spiro atoms. The second kappa shape index (κ2) is 9.55. The maximum Gasteiger partial charge on any atom is 0.332 e. The zero-order valence-electron chi connectivity index (χ0n) is 14.8. The van der Waals surface area contributed by atoms with Crippen LogP contribution < -0.4 is 0 Å². The standard InChI is InChI=1S/C17H29NO4P/c1-6-21-23(20,22-7-2)13-15(5)18(19)17(14(3)4)16-11-9-8-10-12-16/h8-12,14-15,17H,6-7,13H2,1-5H3. The lowest BCUT2D eigenvalue weighted by Gasteiger charge is -2.33. The van der Waals surface area contributed by atoms with Gasteiger partial charge in [0.1, 0.15) is 0 Å². The van der Waals surface area contributed by atoms with Crippen molar-refractivity contribution < 1.29 is 18.8 Å². The topological polar surface area (TPSA) is 58.7 Å². The van der Waals surface area contributed by atoms with E-state index in [1.54, 1.807) is 20.8 Å². The zero-order valence-corrected chi connectivity index (χ0v) is 15.7. The summed E-state index contributed by atoms with van der Waals surface area (Å²) in [5, 5.41) is 13.9. The summed E-state index contributed by atoms with van der Waals surface area (Å²) < 4.78 is 23.3. The third kappa shape index (κ3) is 6.02. The first-order valence-electron chi connectivity index (χ1n) is 8.23. The van der Waals surface area contributed by atoms with Crippen molar-refractivity contribution in [1.29, 1.82) is 0 Å². The van der Waals surface area contributed by atoms with Gasteiger partial charge in [-0.25, -0.2) is 0 Å². The number of rotatable bonds is 10. The van der Waals surface area contributed by atoms with E-state index in [9.17, 15) is 9.77 Å². The van der Waals surface area contributed by atoms with Crippen LogP contribution in [0.4, 0.5) is 0 Å². The number of benzene rings is 1. The molecule has 0 aliphatic heterocycles. The minimum Gasteiger partial charge on any atom is -0.309 e. The smallest absolute Gasteiger partial charge is 0.309 e. The quantitative estimate of drug-likeness (QED) is 0.457. The van der Waals surface area contributed by atoms with Crippen LogP contribution in [0.5, 0.6) is 0 Å². The van der Waals surface area contributed by atoms with Crippen LogP contribution in [0, 0.1) is 5.92 Å². The van der Waals surface area contributed by atoms with Crippen molar-refractivity contribution in [2.75, 3.05) is 19.4 Å². The van der Waals surface area contributed by atoms with E-state index >= 15 is 0 Å². The molecule has 131 valence electrons. The van der Waals surface area contributed by atoms with Gasteiger partial charge in [-0.15, -0.1) is 10.3 Å². The van der Waals surface area contributed by atoms with Gasteiger partial charge in [0, 0.05) is 6.04 Å². The van der Waals surface area contributed by atoms with E-state index in [4.69, 9.17) is 9.05 Å². The van der Waals surface area contributed by atoms with Crippen LogP contribution in [0.3, 0.4) is 0 Å². The van der Waals surface area contributed by atoms with Crippen LogP contribution in [0.1, 0.15) is 46.2 Å². The highest BCUT2D eigenvalue weighted by Crippen LogP contribution is 2.49. The Bertz CT molecular complexity index is 485. The van der Waals surface area contributed by atoms with Crippen molar-refractivity contribution in [3.05, 3.63) is 35.9 Å². The summed E-state index contributed by atoms with van der Waals surface area (Å²) >= 11 is 0. The summed E-state index contributed by atoms with van der Waals surface area (Å²) in [7, 11) is -3.23. The van der Waals surface area contributed by atoms with Gasteiger partial charge in [-0.1, -0.05) is 44.2 Å². The minimum absolute atomic E-state index is 0.0915. The molecule has 1 aromatic rings. The van der Waals surface area contributed by atoms with E-state index in [1.807, 2.05) is 44.2 Å². The fourth-order valence-corrected chi connectivity index (χ4v) is 4.57. The summed E-state index contributed by atoms with van der Waals surface area (Å²) in [6, 6.07) is 8.93. The van der Waals surface area contributed by atoms with Gasteiger partial charge in [0.15, 0.2) is 0 Å². The molecule has 23 heavy (non-hydrogen) atoms. The van der Waals surface area contributed by atoms with Crippen LogP contribution in [-0.4, -0.2) is 30.5 Å². The van der Waals surface area contributed by atoms with Crippen LogP contribution >= 0.6 is 7.60 Å². The van der Waals surface area contributed by atoms with Gasteiger partial charge in [-0.05, 0) is 32.3 Å². The molecular weight excluding hydrogens is 313 g/mol. The number of nitrogens with zero attached hydrogens (tertiary/aromatic N) is 1. The van der Waals surface area contributed by atoms with Gasteiger partial charge in [-0.3, -0.25) is 4.57 Å². The molecule has 1 aromatic carbocycles. The summed E-state index contributed by atoms with van der Waals surface area (Å²) in [5.74, 6) is 0.135. The molecule has 2 unspecified atom stereocenters. The van der Waals surface area contributed by atoms with Gasteiger partial charge in [-0.2, -0.15) is 0 Å². The first-order valence-corrected chi connectivity index (χ1v) is 9.96. The Hall–Kier alpha value is -0.710. The Labute approximate surface area is 140 Å². The number of hydrogen-bond acceptors (Lipinski definition) is 4. The zero-order chi connectivity index (χ0) is 17.5. The Morgan fingerprint density at radius 1 is 1.04 bits per heavy atom. The molecular formula is C17H29NO4P. The molecule has 0 saturated heterocycles. The second-order valence-electron chi connectivity index (χ2n) is 5.94. The first-order chi connectivity index (χ1) is 10.8. The molecule has 0 aliphatic carbocycles. The van der Waals surface area contributed by atoms with E-state index in [0.29, 0.717) is 13.2 Å². The monoisotopic (exact) mass is 342 g/mol. The van der Waals surface area contributed by atoms with Crippen LogP contribution in [-0.2, 0) is 18.8 Å². The highest BCUT2D eigenvalue weighted by atomic mass is 31.2. The first kappa shape index (κ1) is 20.3. The average Bonchev–Trinajstić information content (AvgIpc) is 2.48. The fourth-order valence-electron chi connectivity index (χ4n) is 2.69. The van der Waals surface area contributed by atoms with Crippen molar-refractivity contribution in [3.63, 3.8) is 0 Å². The van der Waals surface area contributed by atoms with Crippen molar-refractivity contribution in [1.82, 2.24) is 5.06 Å². The van der Waals surface area contributed by atoms with Gasteiger partial charge >= 0.3 is 7.60 Å². The molecule has 1 rings (SSSR count). The average molecular weight is 342 g/mol. The molecule has 0 bridgehead atoms. The van der Waals surface area contributed by atoms with Crippen LogP contribution in [0.15, 0.2) is 30.3 Å². The molecule has 0 amide bonds. The van der Waals surface area contributed by atoms with Gasteiger partial charge in [0.2, 0.25) is 0 Å². The molecule has 0 saturated carbocycles. The molecule has 0 aliphatic rings. The summed E-state index contributed by atoms with van der Waals surface area (Å²) in [4.78, 5) is 0. The lowest BCUT2D eigenvalue weighted by atomic mass is 9.95. The largest absolute Gasteiger partial charge is 0.332 e. The van der Waals surface area contributed by atoms with Gasteiger partial charge < -0.3 is 9.05 Å². The maximum atomic E-state index is 12.9. The summed E-state index contributed by atoms with van der Waals surface area (Å²) in [6.45, 7) is 9.94. The lowest BCUT2D eigenvalue weighted by Crippen LogP contribution is -2.37. The number of hydroxylamine groups is 2. The van der Waals surface area contributed by atoms with E-state index < -0.39 is 13.6 Å². The second-order valence-corrected chi connectivity index (χ2v) is 8.04. The molecule has 2 atom stereocenters. The Morgan fingerprint density at radius 2 is 1.57 bits per heavy atom. The van der Waals surface area contributed by atoms with E-state index in [-0.39, 0.29) is 18.1 Å². The van der Waals surface area contributed by atoms with E-state index in [2.05, 4.69) is 0 Å². The highest BCUT2D eigenvalue weighted by molar-refractivity contribution is 7.53. The number of hydrogen-bond donors (Lipinski definition) is 0. The highest BCUT2D eigenvalue weighted by Gasteiger charge is 2.34. The van der Waals surface area contributed by atoms with E-state index in [1.165, 1.54) is 0 Å². The molecule has 0 N–H and O–H groups in total. The maximum absolute atomic E-state index is 12.9. The lowest BCUT2D eigenvalue weighted by molar-refractivity contribution is -0.219. The van der Waals surface area contributed by atoms with Gasteiger partial charge in [0.25, 0.3) is 0 Å².